The highest BCUT2D eigenvalue weighted by molar-refractivity contribution is 7.99. The van der Waals surface area contributed by atoms with E-state index in [1.165, 1.54) is 11.6 Å². The van der Waals surface area contributed by atoms with E-state index in [9.17, 15) is 9.18 Å². The molecule has 0 N–H and O–H groups in total. The maximum absolute atomic E-state index is 13.7. The van der Waals surface area contributed by atoms with Crippen LogP contribution in [0.25, 0.3) is 11.5 Å². The van der Waals surface area contributed by atoms with E-state index in [0.29, 0.717) is 11.5 Å². The van der Waals surface area contributed by atoms with Crippen LogP contribution in [0.1, 0.15) is 42.1 Å². The largest absolute Gasteiger partial charge is 0.411 e. The molecule has 6 heteroatoms. The van der Waals surface area contributed by atoms with Crippen LogP contribution in [0.2, 0.25) is 0 Å². The molecular weight excluding hydrogens is 351 g/mol. The summed E-state index contributed by atoms with van der Waals surface area (Å²) in [5.41, 5.74) is 2.13. The van der Waals surface area contributed by atoms with E-state index in [4.69, 9.17) is 4.42 Å². The van der Waals surface area contributed by atoms with Crippen LogP contribution in [0.3, 0.4) is 0 Å². The predicted octanol–water partition coefficient (Wildman–Crippen LogP) is 5.36. The van der Waals surface area contributed by atoms with Crippen LogP contribution in [-0.2, 0) is 0 Å². The number of nitrogens with zero attached hydrogens (tertiary/aromatic N) is 2. The first-order valence-corrected chi connectivity index (χ1v) is 9.41. The molecule has 1 aromatic heterocycles. The Morgan fingerprint density at radius 3 is 2.58 bits per heavy atom. The van der Waals surface area contributed by atoms with Gasteiger partial charge in [-0.15, -0.1) is 10.2 Å². The van der Waals surface area contributed by atoms with Crippen molar-refractivity contribution in [3.63, 3.8) is 0 Å². The molecule has 0 bridgehead atoms. The highest BCUT2D eigenvalue weighted by Gasteiger charge is 2.15. The molecule has 1 atom stereocenters. The van der Waals surface area contributed by atoms with E-state index < -0.39 is 5.82 Å². The van der Waals surface area contributed by atoms with E-state index >= 15 is 0 Å². The molecule has 26 heavy (non-hydrogen) atoms. The third-order valence-corrected chi connectivity index (χ3v) is 5.07. The van der Waals surface area contributed by atoms with Gasteiger partial charge in [0.15, 0.2) is 5.78 Å². The zero-order chi connectivity index (χ0) is 18.5. The van der Waals surface area contributed by atoms with Crippen molar-refractivity contribution in [2.45, 2.75) is 31.4 Å². The second kappa shape index (κ2) is 8.27. The number of ketones is 1. The zero-order valence-electron chi connectivity index (χ0n) is 14.6. The molecule has 0 unspecified atom stereocenters. The lowest BCUT2D eigenvalue weighted by Gasteiger charge is -2.09. The second-order valence-electron chi connectivity index (χ2n) is 6.00. The summed E-state index contributed by atoms with van der Waals surface area (Å²) in [6.45, 7) is 4.30. The van der Waals surface area contributed by atoms with Crippen LogP contribution in [-0.4, -0.2) is 21.7 Å². The van der Waals surface area contributed by atoms with Gasteiger partial charge < -0.3 is 4.42 Å². The fraction of sp³-hybridized carbons (Fsp3) is 0.250. The zero-order valence-corrected chi connectivity index (χ0v) is 15.4. The minimum Gasteiger partial charge on any atom is -0.411 e. The van der Waals surface area contributed by atoms with Gasteiger partial charge in [0, 0.05) is 5.56 Å². The maximum Gasteiger partial charge on any atom is 0.277 e. The number of carbonyl (C=O) groups is 1. The molecule has 0 amide bonds. The summed E-state index contributed by atoms with van der Waals surface area (Å²) in [5.74, 6) is 0.322. The van der Waals surface area contributed by atoms with Gasteiger partial charge in [0.2, 0.25) is 0 Å². The Kier molecular flexibility index (Phi) is 5.83. The fourth-order valence-electron chi connectivity index (χ4n) is 2.46. The minimum absolute atomic E-state index is 0.0173. The van der Waals surface area contributed by atoms with Gasteiger partial charge in [-0.3, -0.25) is 4.79 Å². The summed E-state index contributed by atoms with van der Waals surface area (Å²) < 4.78 is 19.2. The molecule has 1 heterocycles. The Morgan fingerprint density at radius 2 is 1.88 bits per heavy atom. The lowest BCUT2D eigenvalue weighted by Crippen LogP contribution is -2.03. The molecule has 0 fully saturated rings. The molecule has 0 spiro atoms. The monoisotopic (exact) mass is 370 g/mol. The van der Waals surface area contributed by atoms with Crippen LogP contribution in [0.4, 0.5) is 4.39 Å². The summed E-state index contributed by atoms with van der Waals surface area (Å²) in [4.78, 5) is 12.3. The summed E-state index contributed by atoms with van der Waals surface area (Å²) >= 11 is 1.15. The predicted molar refractivity (Wildman–Crippen MR) is 99.9 cm³/mol. The number of halogens is 1. The van der Waals surface area contributed by atoms with Crippen molar-refractivity contribution >= 4 is 17.5 Å². The molecule has 0 radical (unpaired) electrons. The number of carbonyl (C=O) groups excluding carboxylic acids is 1. The first kappa shape index (κ1) is 18.3. The van der Waals surface area contributed by atoms with Crippen LogP contribution in [0.5, 0.6) is 0 Å². The number of Topliss-reactive ketones (excluding diaryl/α,β-unsaturated/α-hetero) is 1. The van der Waals surface area contributed by atoms with Gasteiger partial charge in [-0.1, -0.05) is 62.0 Å². The molecule has 0 saturated carbocycles. The van der Waals surface area contributed by atoms with Crippen molar-refractivity contribution in [3.05, 3.63) is 65.5 Å². The molecule has 0 saturated heterocycles. The molecule has 0 aliphatic rings. The first-order chi connectivity index (χ1) is 12.6. The van der Waals surface area contributed by atoms with Crippen molar-refractivity contribution in [2.75, 3.05) is 5.75 Å². The van der Waals surface area contributed by atoms with Gasteiger partial charge in [-0.25, -0.2) is 4.39 Å². The van der Waals surface area contributed by atoms with Crippen molar-refractivity contribution in [3.8, 4) is 11.5 Å². The molecule has 134 valence electrons. The number of hydrogen-bond donors (Lipinski definition) is 0. The van der Waals surface area contributed by atoms with E-state index in [2.05, 4.69) is 24.0 Å². The average molecular weight is 370 g/mol. The first-order valence-electron chi connectivity index (χ1n) is 8.43. The third kappa shape index (κ3) is 4.19. The number of hydrogen-bond acceptors (Lipinski definition) is 5. The minimum atomic E-state index is -0.426. The van der Waals surface area contributed by atoms with E-state index in [-0.39, 0.29) is 28.2 Å². The quantitative estimate of drug-likeness (QED) is 0.414. The molecule has 4 nitrogen and oxygen atoms in total. The number of thioether (sulfide) groups is 1. The van der Waals surface area contributed by atoms with Crippen molar-refractivity contribution in [2.24, 2.45) is 0 Å². The molecule has 2 aromatic carbocycles. The normalized spacial score (nSPS) is 12.1. The molecule has 3 aromatic rings. The maximum atomic E-state index is 13.7. The van der Waals surface area contributed by atoms with E-state index in [0.717, 1.165) is 18.2 Å². The van der Waals surface area contributed by atoms with Gasteiger partial charge in [0.25, 0.3) is 11.1 Å². The Morgan fingerprint density at radius 1 is 1.15 bits per heavy atom. The number of aromatic nitrogens is 2. The van der Waals surface area contributed by atoms with Gasteiger partial charge in [-0.05, 0) is 30.0 Å². The van der Waals surface area contributed by atoms with Crippen molar-refractivity contribution in [1.82, 2.24) is 10.2 Å². The van der Waals surface area contributed by atoms with E-state index in [1.807, 2.05) is 24.3 Å². The molecular formula is C20H19FN2O2S. The summed E-state index contributed by atoms with van der Waals surface area (Å²) in [6, 6.07) is 13.9. The van der Waals surface area contributed by atoms with Crippen LogP contribution >= 0.6 is 11.8 Å². The lowest BCUT2D eigenvalue weighted by atomic mass is 9.97. The molecule has 0 aliphatic carbocycles. The number of benzene rings is 2. The highest BCUT2D eigenvalue weighted by atomic mass is 32.2. The second-order valence-corrected chi connectivity index (χ2v) is 6.92. The molecule has 3 rings (SSSR count). The van der Waals surface area contributed by atoms with Crippen molar-refractivity contribution in [1.29, 1.82) is 0 Å². The Bertz CT molecular complexity index is 893. The van der Waals surface area contributed by atoms with Gasteiger partial charge >= 0.3 is 0 Å². The summed E-state index contributed by atoms with van der Waals surface area (Å²) in [5, 5.41) is 7.97. The van der Waals surface area contributed by atoms with Gasteiger partial charge in [-0.2, -0.15) is 0 Å². The van der Waals surface area contributed by atoms with Gasteiger partial charge in [0.05, 0.1) is 11.3 Å². The fourth-order valence-corrected chi connectivity index (χ4v) is 3.11. The Balaban J connectivity index is 1.62. The number of rotatable bonds is 7. The van der Waals surface area contributed by atoms with Crippen LogP contribution in [0, 0.1) is 5.82 Å². The Labute approximate surface area is 155 Å². The summed E-state index contributed by atoms with van der Waals surface area (Å²) in [7, 11) is 0. The molecule has 0 aliphatic heterocycles. The third-order valence-electron chi connectivity index (χ3n) is 4.25. The summed E-state index contributed by atoms with van der Waals surface area (Å²) in [6.07, 6.45) is 1.06. The SMILES string of the molecule is CC[C@@H](C)c1ccc(C(=O)CSc2nnc(-c3ccccc3F)o2)cc1. The van der Waals surface area contributed by atoms with Crippen LogP contribution < -0.4 is 0 Å². The van der Waals surface area contributed by atoms with E-state index in [1.54, 1.807) is 18.2 Å². The smallest absolute Gasteiger partial charge is 0.277 e. The average Bonchev–Trinajstić information content (AvgIpc) is 3.14. The lowest BCUT2D eigenvalue weighted by molar-refractivity contribution is 0.102. The standard InChI is InChI=1S/C20H19FN2O2S/c1-3-13(2)14-8-10-15(11-9-14)18(24)12-26-20-23-22-19(25-20)16-6-4-5-7-17(16)21/h4-11,13H,3,12H2,1-2H3/t13-/m1/s1. The highest BCUT2D eigenvalue weighted by Crippen LogP contribution is 2.26. The van der Waals surface area contributed by atoms with Crippen LogP contribution in [0.15, 0.2) is 58.2 Å². The van der Waals surface area contributed by atoms with Gasteiger partial charge in [0.1, 0.15) is 5.82 Å². The van der Waals surface area contributed by atoms with Crippen molar-refractivity contribution < 1.29 is 13.6 Å². The Hall–Kier alpha value is -2.47. The topological polar surface area (TPSA) is 56.0 Å².